The monoisotopic (exact) mass is 320 g/mol. The van der Waals surface area contributed by atoms with E-state index in [1.165, 1.54) is 11.6 Å². The van der Waals surface area contributed by atoms with Crippen LogP contribution in [-0.4, -0.2) is 4.92 Å². The molecule has 0 unspecified atom stereocenters. The highest BCUT2D eigenvalue weighted by Crippen LogP contribution is 2.28. The van der Waals surface area contributed by atoms with E-state index < -0.39 is 0 Å². The van der Waals surface area contributed by atoms with E-state index in [9.17, 15) is 10.1 Å². The molecule has 98 valence electrons. The van der Waals surface area contributed by atoms with Gasteiger partial charge in [0.1, 0.15) is 4.47 Å². The van der Waals surface area contributed by atoms with Crippen molar-refractivity contribution in [3.05, 3.63) is 68.2 Å². The molecule has 5 heteroatoms. The Balaban J connectivity index is 2.16. The van der Waals surface area contributed by atoms with Crippen LogP contribution < -0.4 is 5.32 Å². The summed E-state index contributed by atoms with van der Waals surface area (Å²) in [5, 5.41) is 14.1. The fourth-order valence-electron chi connectivity index (χ4n) is 1.80. The molecule has 0 saturated carbocycles. The molecule has 2 aromatic rings. The molecule has 0 bridgehead atoms. The summed E-state index contributed by atoms with van der Waals surface area (Å²) in [5.41, 5.74) is 3.11. The molecule has 0 aromatic heterocycles. The number of hydrogen-bond acceptors (Lipinski definition) is 3. The Morgan fingerprint density at radius 2 is 2.00 bits per heavy atom. The Hall–Kier alpha value is -1.88. The zero-order chi connectivity index (χ0) is 13.8. The highest BCUT2D eigenvalue weighted by Gasteiger charge is 2.14. The van der Waals surface area contributed by atoms with Gasteiger partial charge < -0.3 is 5.32 Å². The molecular formula is C14H13BrN2O2. The van der Waals surface area contributed by atoms with Crippen molar-refractivity contribution in [2.45, 2.75) is 13.5 Å². The zero-order valence-corrected chi connectivity index (χ0v) is 12.0. The van der Waals surface area contributed by atoms with Crippen molar-refractivity contribution in [3.63, 3.8) is 0 Å². The quantitative estimate of drug-likeness (QED) is 0.675. The summed E-state index contributed by atoms with van der Waals surface area (Å²) in [6.45, 7) is 2.56. The van der Waals surface area contributed by atoms with Crippen LogP contribution in [0.4, 0.5) is 11.4 Å². The number of halogens is 1. The number of nitro benzene ring substituents is 1. The van der Waals surface area contributed by atoms with Crippen molar-refractivity contribution < 1.29 is 4.92 Å². The lowest BCUT2D eigenvalue weighted by Gasteiger charge is -2.09. The number of rotatable bonds is 4. The number of benzene rings is 2. The van der Waals surface area contributed by atoms with Crippen LogP contribution in [0.1, 0.15) is 11.1 Å². The summed E-state index contributed by atoms with van der Waals surface area (Å²) in [6, 6.07) is 13.0. The summed E-state index contributed by atoms with van der Waals surface area (Å²) in [5.74, 6) is 0. The molecule has 2 aromatic carbocycles. The molecule has 0 aliphatic carbocycles. The van der Waals surface area contributed by atoms with Gasteiger partial charge in [-0.2, -0.15) is 0 Å². The number of nitro groups is 1. The van der Waals surface area contributed by atoms with Crippen LogP contribution in [0.25, 0.3) is 0 Å². The molecule has 4 nitrogen and oxygen atoms in total. The lowest BCUT2D eigenvalue weighted by atomic mass is 10.2. The topological polar surface area (TPSA) is 55.2 Å². The largest absolute Gasteiger partial charge is 0.381 e. The van der Waals surface area contributed by atoms with Gasteiger partial charge in [0.15, 0.2) is 0 Å². The Morgan fingerprint density at radius 1 is 1.26 bits per heavy atom. The third-order valence-electron chi connectivity index (χ3n) is 2.76. The summed E-state index contributed by atoms with van der Waals surface area (Å²) in [6.07, 6.45) is 0. The maximum atomic E-state index is 10.8. The molecule has 0 radical (unpaired) electrons. The van der Waals surface area contributed by atoms with Crippen LogP contribution in [0.5, 0.6) is 0 Å². The van der Waals surface area contributed by atoms with E-state index in [0.717, 1.165) is 11.3 Å². The number of anilines is 1. The Labute approximate surface area is 119 Å². The fourth-order valence-corrected chi connectivity index (χ4v) is 2.35. The van der Waals surface area contributed by atoms with E-state index >= 15 is 0 Å². The van der Waals surface area contributed by atoms with Crippen molar-refractivity contribution >= 4 is 27.3 Å². The van der Waals surface area contributed by atoms with Crippen molar-refractivity contribution in [1.29, 1.82) is 0 Å². The van der Waals surface area contributed by atoms with E-state index in [1.807, 2.05) is 37.3 Å². The predicted octanol–water partition coefficient (Wildman–Crippen LogP) is 4.28. The van der Waals surface area contributed by atoms with Gasteiger partial charge in [0.25, 0.3) is 5.69 Å². The molecule has 1 N–H and O–H groups in total. The van der Waals surface area contributed by atoms with Crippen LogP contribution in [-0.2, 0) is 6.54 Å². The van der Waals surface area contributed by atoms with E-state index in [0.29, 0.717) is 11.0 Å². The van der Waals surface area contributed by atoms with Crippen molar-refractivity contribution in [2.24, 2.45) is 0 Å². The smallest absolute Gasteiger partial charge is 0.283 e. The Morgan fingerprint density at radius 3 is 2.68 bits per heavy atom. The van der Waals surface area contributed by atoms with Crippen LogP contribution in [0.15, 0.2) is 46.9 Å². The SMILES string of the molecule is Cc1cccc(NCc2cccc([N+](=O)[O-])c2Br)c1. The molecule has 19 heavy (non-hydrogen) atoms. The fraction of sp³-hybridized carbons (Fsp3) is 0.143. The second-order valence-electron chi connectivity index (χ2n) is 4.23. The minimum absolute atomic E-state index is 0.0866. The van der Waals surface area contributed by atoms with Gasteiger partial charge in [-0.05, 0) is 46.1 Å². The van der Waals surface area contributed by atoms with Gasteiger partial charge in [-0.15, -0.1) is 0 Å². The zero-order valence-electron chi connectivity index (χ0n) is 10.4. The van der Waals surface area contributed by atoms with E-state index in [4.69, 9.17) is 0 Å². The lowest BCUT2D eigenvalue weighted by Crippen LogP contribution is -2.01. The van der Waals surface area contributed by atoms with Crippen molar-refractivity contribution in [1.82, 2.24) is 0 Å². The third-order valence-corrected chi connectivity index (χ3v) is 3.67. The molecule has 0 aliphatic heterocycles. The van der Waals surface area contributed by atoms with E-state index in [-0.39, 0.29) is 10.6 Å². The third kappa shape index (κ3) is 3.32. The molecule has 0 amide bonds. The first-order valence-corrected chi connectivity index (χ1v) is 6.59. The second-order valence-corrected chi connectivity index (χ2v) is 5.02. The Kier molecular flexibility index (Phi) is 4.16. The second kappa shape index (κ2) is 5.84. The Bertz CT molecular complexity index is 614. The molecule has 0 aliphatic rings. The number of hydrogen-bond donors (Lipinski definition) is 1. The lowest BCUT2D eigenvalue weighted by molar-refractivity contribution is -0.385. The molecule has 0 atom stereocenters. The predicted molar refractivity (Wildman–Crippen MR) is 79.3 cm³/mol. The molecule has 0 fully saturated rings. The minimum atomic E-state index is -0.389. The minimum Gasteiger partial charge on any atom is -0.381 e. The van der Waals surface area contributed by atoms with Gasteiger partial charge in [-0.25, -0.2) is 0 Å². The first-order valence-electron chi connectivity index (χ1n) is 5.80. The van der Waals surface area contributed by atoms with Crippen LogP contribution >= 0.6 is 15.9 Å². The van der Waals surface area contributed by atoms with Gasteiger partial charge in [-0.3, -0.25) is 10.1 Å². The number of nitrogens with one attached hydrogen (secondary N) is 1. The highest BCUT2D eigenvalue weighted by atomic mass is 79.9. The first kappa shape index (κ1) is 13.5. The maximum absolute atomic E-state index is 10.8. The highest BCUT2D eigenvalue weighted by molar-refractivity contribution is 9.10. The summed E-state index contributed by atoms with van der Waals surface area (Å²) >= 11 is 3.29. The molecular weight excluding hydrogens is 308 g/mol. The summed E-state index contributed by atoms with van der Waals surface area (Å²) in [4.78, 5) is 10.5. The van der Waals surface area contributed by atoms with Crippen LogP contribution in [0, 0.1) is 17.0 Å². The normalized spacial score (nSPS) is 10.2. The number of nitrogens with zero attached hydrogens (tertiary/aromatic N) is 1. The van der Waals surface area contributed by atoms with Gasteiger partial charge in [0, 0.05) is 18.3 Å². The number of aryl methyl sites for hydroxylation is 1. The first-order chi connectivity index (χ1) is 9.08. The van der Waals surface area contributed by atoms with E-state index in [1.54, 1.807) is 6.07 Å². The van der Waals surface area contributed by atoms with Gasteiger partial charge >= 0.3 is 0 Å². The van der Waals surface area contributed by atoms with Gasteiger partial charge in [0.05, 0.1) is 4.92 Å². The van der Waals surface area contributed by atoms with Gasteiger partial charge in [0.2, 0.25) is 0 Å². The van der Waals surface area contributed by atoms with Crippen LogP contribution in [0.3, 0.4) is 0 Å². The summed E-state index contributed by atoms with van der Waals surface area (Å²) < 4.78 is 0.528. The van der Waals surface area contributed by atoms with E-state index in [2.05, 4.69) is 21.2 Å². The maximum Gasteiger partial charge on any atom is 0.283 e. The summed E-state index contributed by atoms with van der Waals surface area (Å²) in [7, 11) is 0. The average molecular weight is 321 g/mol. The standard InChI is InChI=1S/C14H13BrN2O2/c1-10-4-2-6-12(8-10)16-9-11-5-3-7-13(14(11)15)17(18)19/h2-8,16H,9H2,1H3. The van der Waals surface area contributed by atoms with Crippen LogP contribution in [0.2, 0.25) is 0 Å². The average Bonchev–Trinajstić information content (AvgIpc) is 2.37. The van der Waals surface area contributed by atoms with Crippen molar-refractivity contribution in [3.8, 4) is 0 Å². The van der Waals surface area contributed by atoms with Gasteiger partial charge in [-0.1, -0.05) is 24.3 Å². The van der Waals surface area contributed by atoms with Crippen molar-refractivity contribution in [2.75, 3.05) is 5.32 Å². The molecule has 0 saturated heterocycles. The molecule has 2 rings (SSSR count). The molecule has 0 spiro atoms. The molecule has 0 heterocycles.